The van der Waals surface area contributed by atoms with Crippen molar-refractivity contribution in [2.24, 2.45) is 0 Å². The third kappa shape index (κ3) is 3.72. The number of amides is 1. The molecule has 2 N–H and O–H groups in total. The van der Waals surface area contributed by atoms with Crippen molar-refractivity contribution in [3.05, 3.63) is 47.1 Å². The second kappa shape index (κ2) is 7.13. The number of hydrogen-bond acceptors (Lipinski definition) is 5. The van der Waals surface area contributed by atoms with Gasteiger partial charge in [0.2, 0.25) is 11.8 Å². The standard InChI is InChI=1S/C20H23N3O4/c24-16(10-9-13-5-1-2-6-15(13)18(25)26)22-20(11-3-4-12-20)19-21-17(27-23-19)14-7-8-14/h1-2,5-6,14H,3-4,7-12H2,(H,22,24)(H,25,26). The zero-order valence-electron chi connectivity index (χ0n) is 15.1. The van der Waals surface area contributed by atoms with Gasteiger partial charge >= 0.3 is 5.97 Å². The minimum atomic E-state index is -0.974. The van der Waals surface area contributed by atoms with Crippen LogP contribution in [0.3, 0.4) is 0 Å². The quantitative estimate of drug-likeness (QED) is 0.777. The van der Waals surface area contributed by atoms with E-state index in [2.05, 4.69) is 15.5 Å². The number of nitrogens with zero attached hydrogens (tertiary/aromatic N) is 2. The Morgan fingerprint density at radius 3 is 2.67 bits per heavy atom. The number of aromatic carboxylic acids is 1. The van der Waals surface area contributed by atoms with Crippen LogP contribution < -0.4 is 5.32 Å². The van der Waals surface area contributed by atoms with Crippen LogP contribution in [0, 0.1) is 0 Å². The third-order valence-electron chi connectivity index (χ3n) is 5.50. The van der Waals surface area contributed by atoms with E-state index >= 15 is 0 Å². The normalized spacial score (nSPS) is 18.4. The molecular weight excluding hydrogens is 346 g/mol. The van der Waals surface area contributed by atoms with E-state index in [1.54, 1.807) is 24.3 Å². The molecule has 2 aromatic rings. The first-order valence-corrected chi connectivity index (χ1v) is 9.54. The van der Waals surface area contributed by atoms with Gasteiger partial charge in [-0.05, 0) is 43.7 Å². The number of carbonyl (C=O) groups is 2. The Kier molecular flexibility index (Phi) is 4.68. The molecule has 0 saturated heterocycles. The van der Waals surface area contributed by atoms with Crippen LogP contribution in [0.2, 0.25) is 0 Å². The lowest BCUT2D eigenvalue weighted by Gasteiger charge is -2.26. The molecule has 7 heteroatoms. The zero-order valence-corrected chi connectivity index (χ0v) is 15.1. The summed E-state index contributed by atoms with van der Waals surface area (Å²) in [5, 5.41) is 16.6. The van der Waals surface area contributed by atoms with Gasteiger partial charge in [0.1, 0.15) is 5.54 Å². The number of rotatable bonds is 7. The Balaban J connectivity index is 1.44. The van der Waals surface area contributed by atoms with E-state index in [4.69, 9.17) is 4.52 Å². The van der Waals surface area contributed by atoms with Gasteiger partial charge in [-0.15, -0.1) is 0 Å². The van der Waals surface area contributed by atoms with Gasteiger partial charge < -0.3 is 14.9 Å². The minimum Gasteiger partial charge on any atom is -0.478 e. The number of nitrogens with one attached hydrogen (secondary N) is 1. The first kappa shape index (κ1) is 17.7. The Hall–Kier alpha value is -2.70. The fraction of sp³-hybridized carbons (Fsp3) is 0.500. The average molecular weight is 369 g/mol. The number of carboxylic acids is 1. The van der Waals surface area contributed by atoms with E-state index < -0.39 is 11.5 Å². The molecule has 1 amide bonds. The van der Waals surface area contributed by atoms with Crippen LogP contribution in [0.25, 0.3) is 0 Å². The van der Waals surface area contributed by atoms with Crippen molar-refractivity contribution in [3.8, 4) is 0 Å². The highest BCUT2D eigenvalue weighted by atomic mass is 16.5. The molecule has 1 aromatic carbocycles. The summed E-state index contributed by atoms with van der Waals surface area (Å²) in [6.07, 6.45) is 6.39. The van der Waals surface area contributed by atoms with E-state index in [1.807, 2.05) is 0 Å². The van der Waals surface area contributed by atoms with Gasteiger partial charge in [0, 0.05) is 12.3 Å². The molecule has 2 aliphatic carbocycles. The summed E-state index contributed by atoms with van der Waals surface area (Å²) in [6, 6.07) is 6.79. The largest absolute Gasteiger partial charge is 0.478 e. The molecule has 4 rings (SSSR count). The predicted octanol–water partition coefficient (Wildman–Crippen LogP) is 3.16. The summed E-state index contributed by atoms with van der Waals surface area (Å²) in [5.41, 5.74) is 0.351. The number of carbonyl (C=O) groups excluding carboxylic acids is 1. The SMILES string of the molecule is O=C(CCc1ccccc1C(=O)O)NC1(c2noc(C3CC3)n2)CCCC1. The topological polar surface area (TPSA) is 105 Å². The molecule has 0 unspecified atom stereocenters. The number of aromatic nitrogens is 2. The summed E-state index contributed by atoms with van der Waals surface area (Å²) >= 11 is 0. The van der Waals surface area contributed by atoms with Crippen LogP contribution in [0.1, 0.15) is 78.5 Å². The highest BCUT2D eigenvalue weighted by Gasteiger charge is 2.42. The maximum absolute atomic E-state index is 12.6. The molecule has 2 saturated carbocycles. The van der Waals surface area contributed by atoms with Crippen molar-refractivity contribution in [1.82, 2.24) is 15.5 Å². The third-order valence-corrected chi connectivity index (χ3v) is 5.50. The van der Waals surface area contributed by atoms with Crippen molar-refractivity contribution in [2.75, 3.05) is 0 Å². The summed E-state index contributed by atoms with van der Waals surface area (Å²) < 4.78 is 5.40. The van der Waals surface area contributed by atoms with Crippen molar-refractivity contribution in [1.29, 1.82) is 0 Å². The molecule has 0 aliphatic heterocycles. The molecule has 7 nitrogen and oxygen atoms in total. The highest BCUT2D eigenvalue weighted by molar-refractivity contribution is 5.89. The maximum Gasteiger partial charge on any atom is 0.335 e. The van der Waals surface area contributed by atoms with Crippen LogP contribution in [0.4, 0.5) is 0 Å². The molecule has 2 fully saturated rings. The Morgan fingerprint density at radius 2 is 1.96 bits per heavy atom. The van der Waals surface area contributed by atoms with Gasteiger partial charge in [-0.3, -0.25) is 4.79 Å². The highest BCUT2D eigenvalue weighted by Crippen LogP contribution is 2.42. The Bertz CT molecular complexity index is 850. The minimum absolute atomic E-state index is 0.116. The van der Waals surface area contributed by atoms with E-state index in [-0.39, 0.29) is 17.9 Å². The molecule has 0 spiro atoms. The molecular formula is C20H23N3O4. The van der Waals surface area contributed by atoms with Gasteiger partial charge in [-0.25, -0.2) is 4.79 Å². The number of carboxylic acid groups (broad SMARTS) is 1. The molecule has 2 aliphatic rings. The van der Waals surface area contributed by atoms with Gasteiger partial charge in [0.15, 0.2) is 5.82 Å². The van der Waals surface area contributed by atoms with Gasteiger partial charge in [-0.1, -0.05) is 36.2 Å². The Labute approximate surface area is 157 Å². The molecule has 1 heterocycles. The molecule has 142 valence electrons. The number of aryl methyl sites for hydroxylation is 1. The molecule has 0 bridgehead atoms. The van der Waals surface area contributed by atoms with Crippen LogP contribution >= 0.6 is 0 Å². The predicted molar refractivity (Wildman–Crippen MR) is 96.3 cm³/mol. The fourth-order valence-corrected chi connectivity index (χ4v) is 3.83. The summed E-state index contributed by atoms with van der Waals surface area (Å²) in [4.78, 5) is 28.5. The van der Waals surface area contributed by atoms with Crippen molar-refractivity contribution >= 4 is 11.9 Å². The molecule has 0 radical (unpaired) electrons. The monoisotopic (exact) mass is 369 g/mol. The molecule has 27 heavy (non-hydrogen) atoms. The number of benzene rings is 1. The van der Waals surface area contributed by atoms with Crippen LogP contribution in [-0.2, 0) is 16.8 Å². The van der Waals surface area contributed by atoms with Crippen molar-refractivity contribution < 1.29 is 19.2 Å². The van der Waals surface area contributed by atoms with Crippen molar-refractivity contribution in [3.63, 3.8) is 0 Å². The fourth-order valence-electron chi connectivity index (χ4n) is 3.83. The lowest BCUT2D eigenvalue weighted by atomic mass is 9.95. The first-order chi connectivity index (χ1) is 13.1. The lowest BCUT2D eigenvalue weighted by molar-refractivity contribution is -0.123. The van der Waals surface area contributed by atoms with E-state index in [1.165, 1.54) is 0 Å². The van der Waals surface area contributed by atoms with E-state index in [0.717, 1.165) is 38.5 Å². The van der Waals surface area contributed by atoms with Crippen LogP contribution in [0.15, 0.2) is 28.8 Å². The maximum atomic E-state index is 12.6. The van der Waals surface area contributed by atoms with Gasteiger partial charge in [0.25, 0.3) is 0 Å². The van der Waals surface area contributed by atoms with E-state index in [0.29, 0.717) is 29.6 Å². The summed E-state index contributed by atoms with van der Waals surface area (Å²) in [5.74, 6) is 0.558. The molecule has 1 aromatic heterocycles. The lowest BCUT2D eigenvalue weighted by Crippen LogP contribution is -2.44. The van der Waals surface area contributed by atoms with Gasteiger partial charge in [-0.2, -0.15) is 4.98 Å². The summed E-state index contributed by atoms with van der Waals surface area (Å²) in [6.45, 7) is 0. The average Bonchev–Trinajstić information content (AvgIpc) is 3.19. The van der Waals surface area contributed by atoms with Crippen LogP contribution in [-0.4, -0.2) is 27.1 Å². The first-order valence-electron chi connectivity index (χ1n) is 9.54. The molecule has 0 atom stereocenters. The van der Waals surface area contributed by atoms with Crippen LogP contribution in [0.5, 0.6) is 0 Å². The van der Waals surface area contributed by atoms with E-state index in [9.17, 15) is 14.7 Å². The second-order valence-electron chi connectivity index (χ2n) is 7.53. The van der Waals surface area contributed by atoms with Gasteiger partial charge in [0.05, 0.1) is 5.56 Å². The smallest absolute Gasteiger partial charge is 0.335 e. The number of hydrogen-bond donors (Lipinski definition) is 2. The van der Waals surface area contributed by atoms with Crippen molar-refractivity contribution in [2.45, 2.75) is 62.8 Å². The summed E-state index contributed by atoms with van der Waals surface area (Å²) in [7, 11) is 0. The second-order valence-corrected chi connectivity index (χ2v) is 7.53. The Morgan fingerprint density at radius 1 is 1.22 bits per heavy atom. The zero-order chi connectivity index (χ0) is 18.9.